The smallest absolute Gasteiger partial charge is 0.306 e. The van der Waals surface area contributed by atoms with Gasteiger partial charge in [-0.05, 0) is 154 Å². The fraction of sp³-hybridized carbons (Fsp3) is 0.587. The van der Waals surface area contributed by atoms with Crippen LogP contribution in [-0.2, 0) is 28.6 Å². The molecule has 81 heavy (non-hydrogen) atoms. The van der Waals surface area contributed by atoms with Crippen LogP contribution in [0.2, 0.25) is 0 Å². The average Bonchev–Trinajstić information content (AvgIpc) is 3.47. The second-order valence-electron chi connectivity index (χ2n) is 20.9. The van der Waals surface area contributed by atoms with Gasteiger partial charge in [-0.15, -0.1) is 0 Å². The Kier molecular flexibility index (Phi) is 62.9. The van der Waals surface area contributed by atoms with Gasteiger partial charge in [0.2, 0.25) is 0 Å². The Morgan fingerprint density at radius 3 is 0.778 bits per heavy atom. The summed E-state index contributed by atoms with van der Waals surface area (Å²) in [7, 11) is 0. The van der Waals surface area contributed by atoms with Gasteiger partial charge in [-0.3, -0.25) is 14.4 Å². The van der Waals surface area contributed by atoms with Crippen LogP contribution in [0.5, 0.6) is 0 Å². The quantitative estimate of drug-likeness (QED) is 0.0261. The van der Waals surface area contributed by atoms with E-state index in [-0.39, 0.29) is 37.5 Å². The molecule has 0 rings (SSSR count). The van der Waals surface area contributed by atoms with Crippen molar-refractivity contribution in [3.05, 3.63) is 170 Å². The van der Waals surface area contributed by atoms with E-state index in [0.717, 1.165) is 161 Å². The van der Waals surface area contributed by atoms with Crippen LogP contribution in [0.25, 0.3) is 0 Å². The van der Waals surface area contributed by atoms with Crippen molar-refractivity contribution >= 4 is 17.9 Å². The van der Waals surface area contributed by atoms with Crippen LogP contribution in [0.1, 0.15) is 265 Å². The lowest BCUT2D eigenvalue weighted by molar-refractivity contribution is -0.167. The second-order valence-corrected chi connectivity index (χ2v) is 20.9. The molecule has 0 N–H and O–H groups in total. The van der Waals surface area contributed by atoms with Crippen molar-refractivity contribution in [1.82, 2.24) is 0 Å². The summed E-state index contributed by atoms with van der Waals surface area (Å²) < 4.78 is 16.9. The molecule has 0 fully saturated rings. The fourth-order valence-corrected chi connectivity index (χ4v) is 8.36. The highest BCUT2D eigenvalue weighted by Crippen LogP contribution is 2.14. The Morgan fingerprint density at radius 1 is 0.259 bits per heavy atom. The SMILES string of the molecule is CC/C=C\C/C=C\C/C=C\C/C=C\C/C=C\C/C=C\C/C=C\C/C=C\CCCCC(=O)OCC(COC(=O)CCCCCCC/C=C\C/C=C\CCCCC)OC(=O)CCCCCCCCCC/C=C\C/C=C\C/C=C\C/C=C\CC. The minimum absolute atomic E-state index is 0.110. The number of carbonyl (C=O) groups is 3. The summed E-state index contributed by atoms with van der Waals surface area (Å²) in [6.07, 6.45) is 99.2. The largest absolute Gasteiger partial charge is 0.462 e. The molecule has 0 aromatic carbocycles. The van der Waals surface area contributed by atoms with Crippen LogP contribution < -0.4 is 0 Å². The molecule has 0 amide bonds. The van der Waals surface area contributed by atoms with Crippen molar-refractivity contribution < 1.29 is 28.6 Å². The van der Waals surface area contributed by atoms with Gasteiger partial charge in [0.1, 0.15) is 13.2 Å². The minimum atomic E-state index is -0.818. The standard InChI is InChI=1S/C75H118O6/c1-4-7-10-13-16-19-22-25-28-30-32-34-35-36-37-38-39-41-42-44-47-50-53-56-59-62-65-68-74(77)80-71-72(70-79-73(76)67-64-61-58-55-52-49-46-27-24-21-18-15-12-9-6-3)81-75(78)69-66-63-60-57-54-51-48-45-43-40-33-31-29-26-23-20-17-14-11-8-5-2/h7-8,10-11,16-21,25-29,32-34,36-37,39-41,44,46-47,53,56,72H,4-6,9,12-15,22-24,30-31,35,38,42-43,45,48-52,54-55,57-71H2,1-3H3/b10-7-,11-8-,19-16-,20-17-,21-18-,28-25-,29-26-,34-32-,37-36-,40-33-,41-39-,46-27-,47-44-,56-53-. The molecule has 1 unspecified atom stereocenters. The lowest BCUT2D eigenvalue weighted by atomic mass is 10.1. The van der Waals surface area contributed by atoms with Crippen molar-refractivity contribution in [2.24, 2.45) is 0 Å². The van der Waals surface area contributed by atoms with Gasteiger partial charge in [0, 0.05) is 19.3 Å². The van der Waals surface area contributed by atoms with E-state index in [1.54, 1.807) is 0 Å². The molecule has 0 bridgehead atoms. The maximum absolute atomic E-state index is 12.9. The molecule has 0 heterocycles. The number of hydrogen-bond donors (Lipinski definition) is 0. The van der Waals surface area contributed by atoms with E-state index in [4.69, 9.17) is 14.2 Å². The summed E-state index contributed by atoms with van der Waals surface area (Å²) in [6, 6.07) is 0. The van der Waals surface area contributed by atoms with E-state index in [1.807, 2.05) is 0 Å². The molecule has 0 aliphatic rings. The maximum atomic E-state index is 12.9. The van der Waals surface area contributed by atoms with Crippen LogP contribution in [0.3, 0.4) is 0 Å². The highest BCUT2D eigenvalue weighted by molar-refractivity contribution is 5.71. The van der Waals surface area contributed by atoms with Crippen molar-refractivity contribution in [1.29, 1.82) is 0 Å². The lowest BCUT2D eigenvalue weighted by Crippen LogP contribution is -2.30. The first kappa shape index (κ1) is 75.8. The predicted octanol–water partition coefficient (Wildman–Crippen LogP) is 22.7. The first-order valence-electron chi connectivity index (χ1n) is 32.6. The molecule has 1 atom stereocenters. The van der Waals surface area contributed by atoms with Gasteiger partial charge in [0.05, 0.1) is 0 Å². The normalized spacial score (nSPS) is 13.3. The molecule has 0 aromatic heterocycles. The fourth-order valence-electron chi connectivity index (χ4n) is 8.36. The highest BCUT2D eigenvalue weighted by atomic mass is 16.6. The van der Waals surface area contributed by atoms with Crippen molar-refractivity contribution in [3.63, 3.8) is 0 Å². The molecular formula is C75H118O6. The molecule has 6 heteroatoms. The number of ether oxygens (including phenoxy) is 3. The summed E-state index contributed by atoms with van der Waals surface area (Å²) >= 11 is 0. The van der Waals surface area contributed by atoms with Crippen molar-refractivity contribution in [3.8, 4) is 0 Å². The summed E-state index contributed by atoms with van der Waals surface area (Å²) in [5.41, 5.74) is 0. The third-order valence-corrected chi connectivity index (χ3v) is 13.2. The summed E-state index contributed by atoms with van der Waals surface area (Å²) in [5.74, 6) is -0.980. The Labute approximate surface area is 498 Å². The number of rotatable bonds is 57. The van der Waals surface area contributed by atoms with Gasteiger partial charge >= 0.3 is 17.9 Å². The number of allylic oxidation sites excluding steroid dienone is 28. The van der Waals surface area contributed by atoms with E-state index in [2.05, 4.69) is 191 Å². The Bertz CT molecular complexity index is 1860. The predicted molar refractivity (Wildman–Crippen MR) is 352 cm³/mol. The first-order chi connectivity index (χ1) is 40.0. The molecule has 0 saturated heterocycles. The van der Waals surface area contributed by atoms with E-state index < -0.39 is 6.10 Å². The molecular weight excluding hydrogens is 997 g/mol. The summed E-state index contributed by atoms with van der Waals surface area (Å²) in [6.45, 7) is 6.33. The first-order valence-corrected chi connectivity index (χ1v) is 32.6. The van der Waals surface area contributed by atoms with Crippen LogP contribution in [0, 0.1) is 0 Å². The van der Waals surface area contributed by atoms with E-state index in [9.17, 15) is 14.4 Å². The van der Waals surface area contributed by atoms with E-state index >= 15 is 0 Å². The Morgan fingerprint density at radius 2 is 0.481 bits per heavy atom. The van der Waals surface area contributed by atoms with Gasteiger partial charge < -0.3 is 14.2 Å². The van der Waals surface area contributed by atoms with Crippen molar-refractivity contribution in [2.45, 2.75) is 271 Å². The molecule has 0 radical (unpaired) electrons. The molecule has 0 saturated carbocycles. The summed E-state index contributed by atoms with van der Waals surface area (Å²) in [4.78, 5) is 38.4. The second kappa shape index (κ2) is 67.3. The number of hydrogen-bond acceptors (Lipinski definition) is 6. The summed E-state index contributed by atoms with van der Waals surface area (Å²) in [5, 5.41) is 0. The number of unbranched alkanes of at least 4 members (excludes halogenated alkanes) is 18. The molecule has 454 valence electrons. The zero-order valence-corrected chi connectivity index (χ0v) is 52.0. The average molecular weight is 1120 g/mol. The van der Waals surface area contributed by atoms with Gasteiger partial charge in [0.15, 0.2) is 6.10 Å². The molecule has 6 nitrogen and oxygen atoms in total. The van der Waals surface area contributed by atoms with Gasteiger partial charge in [-0.2, -0.15) is 0 Å². The number of esters is 3. The molecule has 0 aromatic rings. The third-order valence-electron chi connectivity index (χ3n) is 13.2. The van der Waals surface area contributed by atoms with Crippen molar-refractivity contribution in [2.75, 3.05) is 13.2 Å². The van der Waals surface area contributed by atoms with E-state index in [1.165, 1.54) is 57.8 Å². The van der Waals surface area contributed by atoms with Gasteiger partial charge in [-0.25, -0.2) is 0 Å². The molecule has 0 spiro atoms. The molecule has 0 aliphatic carbocycles. The third kappa shape index (κ3) is 65.5. The van der Waals surface area contributed by atoms with Crippen LogP contribution in [0.15, 0.2) is 170 Å². The van der Waals surface area contributed by atoms with Crippen LogP contribution in [-0.4, -0.2) is 37.2 Å². The zero-order chi connectivity index (χ0) is 58.5. The van der Waals surface area contributed by atoms with Crippen LogP contribution >= 0.6 is 0 Å². The zero-order valence-electron chi connectivity index (χ0n) is 52.0. The van der Waals surface area contributed by atoms with E-state index in [0.29, 0.717) is 19.3 Å². The van der Waals surface area contributed by atoms with Crippen LogP contribution in [0.4, 0.5) is 0 Å². The maximum Gasteiger partial charge on any atom is 0.306 e. The highest BCUT2D eigenvalue weighted by Gasteiger charge is 2.19. The lowest BCUT2D eigenvalue weighted by Gasteiger charge is -2.18. The Hall–Kier alpha value is -5.23. The monoisotopic (exact) mass is 1110 g/mol. The number of carbonyl (C=O) groups excluding carboxylic acids is 3. The molecule has 0 aliphatic heterocycles. The topological polar surface area (TPSA) is 78.9 Å². The minimum Gasteiger partial charge on any atom is -0.462 e. The van der Waals surface area contributed by atoms with Gasteiger partial charge in [0.25, 0.3) is 0 Å². The Balaban J connectivity index is 4.51. The van der Waals surface area contributed by atoms with Gasteiger partial charge in [-0.1, -0.05) is 262 Å².